The first-order valence-electron chi connectivity index (χ1n) is 8.98. The molecule has 1 N–H and O–H groups in total. The molecule has 144 valence electrons. The van der Waals surface area contributed by atoms with Crippen molar-refractivity contribution in [2.75, 3.05) is 39.8 Å². The molecule has 2 amide bonds. The van der Waals surface area contributed by atoms with Crippen molar-refractivity contribution in [3.63, 3.8) is 0 Å². The number of hydrogen-bond acceptors (Lipinski definition) is 5. The summed E-state index contributed by atoms with van der Waals surface area (Å²) in [5.74, 6) is -0.233. The molecule has 1 fully saturated rings. The molecule has 7 nitrogen and oxygen atoms in total. The van der Waals surface area contributed by atoms with Crippen LogP contribution in [0.25, 0.3) is 0 Å². The van der Waals surface area contributed by atoms with Crippen molar-refractivity contribution in [3.8, 4) is 5.75 Å². The Morgan fingerprint density at radius 3 is 2.74 bits per heavy atom. The van der Waals surface area contributed by atoms with Gasteiger partial charge < -0.3 is 15.0 Å². The first-order chi connectivity index (χ1) is 13.2. The number of nitrogens with one attached hydrogen (secondary N) is 1. The fraction of sp³-hybridized carbons (Fsp3) is 0.421. The number of nitrogens with zero attached hydrogens (tertiary/aromatic N) is 4. The van der Waals surface area contributed by atoms with Crippen molar-refractivity contribution >= 4 is 6.03 Å². The molecular formula is C19H24FN5O2. The first-order valence-corrected chi connectivity index (χ1v) is 8.98. The summed E-state index contributed by atoms with van der Waals surface area (Å²) < 4.78 is 18.6. The highest BCUT2D eigenvalue weighted by molar-refractivity contribution is 5.74. The number of piperazine rings is 1. The molecule has 1 aromatic heterocycles. The van der Waals surface area contributed by atoms with E-state index in [4.69, 9.17) is 4.74 Å². The molecule has 2 heterocycles. The summed E-state index contributed by atoms with van der Waals surface area (Å²) in [7, 11) is 1.42. The van der Waals surface area contributed by atoms with Crippen molar-refractivity contribution in [2.24, 2.45) is 0 Å². The third kappa shape index (κ3) is 5.37. The molecule has 2 aromatic rings. The Balaban J connectivity index is 1.40. The van der Waals surface area contributed by atoms with Crippen LogP contribution in [0.4, 0.5) is 9.18 Å². The fourth-order valence-electron chi connectivity index (χ4n) is 3.02. The molecule has 0 radical (unpaired) electrons. The van der Waals surface area contributed by atoms with E-state index in [9.17, 15) is 9.18 Å². The Labute approximate surface area is 158 Å². The van der Waals surface area contributed by atoms with E-state index >= 15 is 0 Å². The van der Waals surface area contributed by atoms with E-state index in [0.29, 0.717) is 18.7 Å². The average Bonchev–Trinajstić information content (AvgIpc) is 2.72. The van der Waals surface area contributed by atoms with Crippen LogP contribution >= 0.6 is 0 Å². The smallest absolute Gasteiger partial charge is 0.317 e. The largest absolute Gasteiger partial charge is 0.494 e. The van der Waals surface area contributed by atoms with Crippen LogP contribution in [0.3, 0.4) is 0 Å². The number of halogens is 1. The zero-order chi connectivity index (χ0) is 19.1. The highest BCUT2D eigenvalue weighted by Crippen LogP contribution is 2.17. The van der Waals surface area contributed by atoms with Crippen LogP contribution in [0.2, 0.25) is 0 Å². The summed E-state index contributed by atoms with van der Waals surface area (Å²) in [4.78, 5) is 24.8. The molecule has 0 bridgehead atoms. The van der Waals surface area contributed by atoms with Crippen LogP contribution in [0.15, 0.2) is 36.8 Å². The number of hydrogen-bond donors (Lipinski definition) is 1. The van der Waals surface area contributed by atoms with Crippen LogP contribution in [0.1, 0.15) is 11.3 Å². The van der Waals surface area contributed by atoms with Crippen molar-refractivity contribution in [1.82, 2.24) is 25.1 Å². The minimum absolute atomic E-state index is 0.125. The number of rotatable bonds is 6. The lowest BCUT2D eigenvalue weighted by molar-refractivity contribution is 0.139. The number of carbonyl (C=O) groups excluding carboxylic acids is 1. The van der Waals surface area contributed by atoms with Crippen LogP contribution in [0, 0.1) is 5.82 Å². The van der Waals surface area contributed by atoms with E-state index in [-0.39, 0.29) is 18.3 Å². The van der Waals surface area contributed by atoms with Crippen molar-refractivity contribution in [3.05, 3.63) is 53.9 Å². The molecule has 1 aromatic carbocycles. The van der Waals surface area contributed by atoms with E-state index in [1.807, 2.05) is 0 Å². The zero-order valence-electron chi connectivity index (χ0n) is 15.4. The maximum atomic E-state index is 13.7. The summed E-state index contributed by atoms with van der Waals surface area (Å²) in [6, 6.07) is 4.56. The quantitative estimate of drug-likeness (QED) is 0.835. The minimum atomic E-state index is -0.430. The molecular weight excluding hydrogens is 349 g/mol. The summed E-state index contributed by atoms with van der Waals surface area (Å²) in [6.45, 7) is 4.17. The molecule has 3 rings (SSSR count). The van der Waals surface area contributed by atoms with Gasteiger partial charge in [0.2, 0.25) is 0 Å². The van der Waals surface area contributed by atoms with Gasteiger partial charge in [-0.2, -0.15) is 0 Å². The monoisotopic (exact) mass is 373 g/mol. The molecule has 0 saturated carbocycles. The standard InChI is InChI=1S/C19H24FN5O2/c1-27-18-3-2-15(12-17(18)20)13-23-19(26)25-10-8-24(9-11-25)7-4-16-14-21-5-6-22-16/h2-3,5-6,12,14H,4,7-11,13H2,1H3,(H,23,26). The van der Waals surface area contributed by atoms with Crippen LogP contribution < -0.4 is 10.1 Å². The maximum absolute atomic E-state index is 13.7. The topological polar surface area (TPSA) is 70.6 Å². The van der Waals surface area contributed by atoms with Gasteiger partial charge in [0.1, 0.15) is 0 Å². The van der Waals surface area contributed by atoms with Gasteiger partial charge in [0.15, 0.2) is 11.6 Å². The minimum Gasteiger partial charge on any atom is -0.494 e. The van der Waals surface area contributed by atoms with Gasteiger partial charge in [-0.05, 0) is 17.7 Å². The van der Waals surface area contributed by atoms with Gasteiger partial charge in [0.25, 0.3) is 0 Å². The van der Waals surface area contributed by atoms with Crippen molar-refractivity contribution < 1.29 is 13.9 Å². The second-order valence-electron chi connectivity index (χ2n) is 6.40. The van der Waals surface area contributed by atoms with Gasteiger partial charge in [-0.25, -0.2) is 9.18 Å². The Bertz CT molecular complexity index is 751. The van der Waals surface area contributed by atoms with Gasteiger partial charge in [-0.1, -0.05) is 6.07 Å². The zero-order valence-corrected chi connectivity index (χ0v) is 15.4. The van der Waals surface area contributed by atoms with E-state index in [1.165, 1.54) is 13.2 Å². The number of amides is 2. The van der Waals surface area contributed by atoms with E-state index in [1.54, 1.807) is 35.6 Å². The molecule has 27 heavy (non-hydrogen) atoms. The SMILES string of the molecule is COc1ccc(CNC(=O)N2CCN(CCc3cnccn3)CC2)cc1F. The number of urea groups is 1. The Morgan fingerprint density at radius 1 is 1.26 bits per heavy atom. The van der Waals surface area contributed by atoms with Crippen LogP contribution in [-0.4, -0.2) is 65.6 Å². The first kappa shape index (κ1) is 19.0. The van der Waals surface area contributed by atoms with E-state index < -0.39 is 5.82 Å². The van der Waals surface area contributed by atoms with Gasteiger partial charge in [0.05, 0.1) is 12.8 Å². The maximum Gasteiger partial charge on any atom is 0.317 e. The summed E-state index contributed by atoms with van der Waals surface area (Å²) >= 11 is 0. The third-order valence-corrected chi connectivity index (χ3v) is 4.62. The Kier molecular flexibility index (Phi) is 6.54. The lowest BCUT2D eigenvalue weighted by Crippen LogP contribution is -2.51. The Morgan fingerprint density at radius 2 is 2.07 bits per heavy atom. The number of methoxy groups -OCH3 is 1. The highest BCUT2D eigenvalue weighted by Gasteiger charge is 2.20. The fourth-order valence-corrected chi connectivity index (χ4v) is 3.02. The normalized spacial score (nSPS) is 14.8. The molecule has 1 aliphatic heterocycles. The van der Waals surface area contributed by atoms with Crippen LogP contribution in [0.5, 0.6) is 5.75 Å². The van der Waals surface area contributed by atoms with E-state index in [0.717, 1.165) is 31.7 Å². The summed E-state index contributed by atoms with van der Waals surface area (Å²) in [6.07, 6.45) is 6.00. The summed E-state index contributed by atoms with van der Waals surface area (Å²) in [5.41, 5.74) is 1.67. The molecule has 0 atom stereocenters. The molecule has 0 unspecified atom stereocenters. The molecule has 1 aliphatic rings. The molecule has 0 spiro atoms. The second kappa shape index (κ2) is 9.27. The second-order valence-corrected chi connectivity index (χ2v) is 6.40. The lowest BCUT2D eigenvalue weighted by Gasteiger charge is -2.34. The predicted octanol–water partition coefficient (Wildman–Crippen LogP) is 1.69. The number of aromatic nitrogens is 2. The third-order valence-electron chi connectivity index (χ3n) is 4.62. The number of benzene rings is 1. The number of carbonyl (C=O) groups is 1. The molecule has 8 heteroatoms. The predicted molar refractivity (Wildman–Crippen MR) is 98.9 cm³/mol. The summed E-state index contributed by atoms with van der Waals surface area (Å²) in [5, 5.41) is 2.85. The highest BCUT2D eigenvalue weighted by atomic mass is 19.1. The van der Waals surface area contributed by atoms with Crippen LogP contribution in [-0.2, 0) is 13.0 Å². The lowest BCUT2D eigenvalue weighted by atomic mass is 10.2. The average molecular weight is 373 g/mol. The van der Waals surface area contributed by atoms with Gasteiger partial charge in [-0.15, -0.1) is 0 Å². The van der Waals surface area contributed by atoms with Gasteiger partial charge in [-0.3, -0.25) is 14.9 Å². The number of ether oxygens (including phenoxy) is 1. The van der Waals surface area contributed by atoms with Crippen molar-refractivity contribution in [2.45, 2.75) is 13.0 Å². The molecule has 1 saturated heterocycles. The van der Waals surface area contributed by atoms with Gasteiger partial charge >= 0.3 is 6.03 Å². The van der Waals surface area contributed by atoms with E-state index in [2.05, 4.69) is 20.2 Å². The Hall–Kier alpha value is -2.74. The molecule has 0 aliphatic carbocycles. The van der Waals surface area contributed by atoms with Crippen molar-refractivity contribution in [1.29, 1.82) is 0 Å². The van der Waals surface area contributed by atoms with Gasteiger partial charge in [0, 0.05) is 64.3 Å².